The van der Waals surface area contributed by atoms with E-state index < -0.39 is 34.5 Å². The van der Waals surface area contributed by atoms with Gasteiger partial charge in [0.25, 0.3) is 0 Å². The van der Waals surface area contributed by atoms with E-state index in [2.05, 4.69) is 5.32 Å². The second-order valence-electron chi connectivity index (χ2n) is 6.18. The van der Waals surface area contributed by atoms with E-state index in [1.54, 1.807) is 13.0 Å². The van der Waals surface area contributed by atoms with Gasteiger partial charge in [-0.25, -0.2) is 4.39 Å². The molecule has 0 radical (unpaired) electrons. The molecular formula is C17H22F3NO2S. The number of carbonyl (C=O) groups excluding carboxylic acids is 1. The van der Waals surface area contributed by atoms with Gasteiger partial charge >= 0.3 is 5.25 Å². The fourth-order valence-corrected chi connectivity index (χ4v) is 3.97. The Labute approximate surface area is 144 Å². The zero-order valence-corrected chi connectivity index (χ0v) is 14.5. The Balaban J connectivity index is 2.01. The van der Waals surface area contributed by atoms with E-state index in [0.717, 1.165) is 0 Å². The molecule has 0 bridgehead atoms. The number of aliphatic hydroxyl groups is 1. The number of hydrogen-bond acceptors (Lipinski definition) is 3. The van der Waals surface area contributed by atoms with E-state index in [1.165, 1.54) is 24.5 Å². The molecule has 24 heavy (non-hydrogen) atoms. The molecule has 1 fully saturated rings. The molecule has 3 nitrogen and oxygen atoms in total. The van der Waals surface area contributed by atoms with Gasteiger partial charge < -0.3 is 10.4 Å². The monoisotopic (exact) mass is 361 g/mol. The maximum Gasteiger partial charge on any atom is 0.307 e. The summed E-state index contributed by atoms with van der Waals surface area (Å²) in [5.41, 5.74) is -1.27. The second kappa shape index (κ2) is 7.35. The molecule has 7 heteroatoms. The van der Waals surface area contributed by atoms with E-state index in [-0.39, 0.29) is 19.3 Å². The Bertz CT molecular complexity index is 599. The van der Waals surface area contributed by atoms with Crippen LogP contribution >= 0.6 is 11.8 Å². The largest absolute Gasteiger partial charge is 0.388 e. The first-order valence-corrected chi connectivity index (χ1v) is 9.15. The van der Waals surface area contributed by atoms with Gasteiger partial charge in [0, 0.05) is 6.04 Å². The number of thioether (sulfide) groups is 1. The molecule has 1 aliphatic heterocycles. The lowest BCUT2D eigenvalue weighted by Gasteiger charge is -2.32. The number of alkyl halides is 2. The number of aliphatic hydroxyl groups excluding tert-OH is 1. The Hall–Kier alpha value is -1.21. The van der Waals surface area contributed by atoms with E-state index >= 15 is 0 Å². The molecule has 0 aromatic heterocycles. The van der Waals surface area contributed by atoms with Crippen molar-refractivity contribution in [2.45, 2.75) is 50.0 Å². The van der Waals surface area contributed by atoms with E-state index in [9.17, 15) is 23.1 Å². The molecule has 0 saturated carbocycles. The molecule has 1 aromatic rings. The van der Waals surface area contributed by atoms with Gasteiger partial charge in [0.05, 0.1) is 6.10 Å². The molecule has 2 N–H and O–H groups in total. The highest BCUT2D eigenvalue weighted by atomic mass is 32.2. The van der Waals surface area contributed by atoms with Crippen LogP contribution in [0, 0.1) is 11.2 Å². The van der Waals surface area contributed by atoms with Crippen LogP contribution in [0.4, 0.5) is 13.2 Å². The van der Waals surface area contributed by atoms with Crippen molar-refractivity contribution in [3.05, 3.63) is 35.6 Å². The molecule has 1 aromatic carbocycles. The Morgan fingerprint density at radius 2 is 2.21 bits per heavy atom. The number of benzene rings is 1. The standard InChI is InChI=1S/C17H22F3NO2S/c1-3-16(17(19,20)24-2)10-13(21-15(16)23)7-8-14(22)11-5-4-6-12(18)9-11/h4-6,9,13-14,22H,3,7-8,10H2,1-2H3,(H,21,23)/t13-,14?,16?/m0/s1. The summed E-state index contributed by atoms with van der Waals surface area (Å²) in [5.74, 6) is -1.07. The maximum absolute atomic E-state index is 14.3. The number of rotatable bonds is 7. The van der Waals surface area contributed by atoms with Crippen LogP contribution in [0.5, 0.6) is 0 Å². The van der Waals surface area contributed by atoms with Gasteiger partial charge in [-0.15, -0.1) is 0 Å². The normalized spacial score (nSPS) is 25.6. The highest BCUT2D eigenvalue weighted by Crippen LogP contribution is 2.52. The molecule has 2 rings (SSSR count). The molecule has 1 amide bonds. The van der Waals surface area contributed by atoms with Crippen molar-refractivity contribution in [3.63, 3.8) is 0 Å². The molecule has 0 spiro atoms. The van der Waals surface area contributed by atoms with E-state index in [0.29, 0.717) is 23.7 Å². The van der Waals surface area contributed by atoms with Crippen LogP contribution in [-0.4, -0.2) is 28.6 Å². The topological polar surface area (TPSA) is 49.3 Å². The van der Waals surface area contributed by atoms with Crippen molar-refractivity contribution < 1.29 is 23.1 Å². The molecule has 3 atom stereocenters. The average Bonchev–Trinajstić information content (AvgIpc) is 2.90. The molecule has 1 aliphatic rings. The number of carbonyl (C=O) groups is 1. The molecule has 134 valence electrons. The van der Waals surface area contributed by atoms with Crippen molar-refractivity contribution in [1.82, 2.24) is 5.32 Å². The molecular weight excluding hydrogens is 339 g/mol. The van der Waals surface area contributed by atoms with Gasteiger partial charge in [0.15, 0.2) is 0 Å². The molecule has 0 aliphatic carbocycles. The number of nitrogens with one attached hydrogen (secondary N) is 1. The number of halogens is 3. The summed E-state index contributed by atoms with van der Waals surface area (Å²) >= 11 is 0.391. The maximum atomic E-state index is 14.3. The summed E-state index contributed by atoms with van der Waals surface area (Å²) in [7, 11) is 0. The second-order valence-corrected chi connectivity index (χ2v) is 7.10. The van der Waals surface area contributed by atoms with E-state index in [4.69, 9.17) is 0 Å². The van der Waals surface area contributed by atoms with Crippen LogP contribution in [0.2, 0.25) is 0 Å². The van der Waals surface area contributed by atoms with Crippen LogP contribution in [0.15, 0.2) is 24.3 Å². The summed E-state index contributed by atoms with van der Waals surface area (Å²) in [4.78, 5) is 12.2. The Morgan fingerprint density at radius 3 is 2.79 bits per heavy atom. The predicted octanol–water partition coefficient (Wildman–Crippen LogP) is 3.88. The van der Waals surface area contributed by atoms with Gasteiger partial charge in [-0.05, 0) is 49.6 Å². The minimum Gasteiger partial charge on any atom is -0.388 e. The third-order valence-corrected chi connectivity index (χ3v) is 5.71. The van der Waals surface area contributed by atoms with Crippen LogP contribution in [-0.2, 0) is 4.79 Å². The summed E-state index contributed by atoms with van der Waals surface area (Å²) in [6.45, 7) is 1.59. The lowest BCUT2D eigenvalue weighted by molar-refractivity contribution is -0.139. The first-order valence-electron chi connectivity index (χ1n) is 7.93. The Kier molecular flexibility index (Phi) is 5.86. The van der Waals surface area contributed by atoms with Crippen LogP contribution in [0.3, 0.4) is 0 Å². The zero-order chi connectivity index (χ0) is 18.0. The zero-order valence-electron chi connectivity index (χ0n) is 13.7. The summed E-state index contributed by atoms with van der Waals surface area (Å²) < 4.78 is 41.7. The van der Waals surface area contributed by atoms with Crippen molar-refractivity contribution in [1.29, 1.82) is 0 Å². The fraction of sp³-hybridized carbons (Fsp3) is 0.588. The lowest BCUT2D eigenvalue weighted by atomic mass is 9.81. The highest BCUT2D eigenvalue weighted by Gasteiger charge is 2.61. The predicted molar refractivity (Wildman–Crippen MR) is 88.3 cm³/mol. The van der Waals surface area contributed by atoms with Gasteiger partial charge in [0.1, 0.15) is 11.2 Å². The van der Waals surface area contributed by atoms with Crippen LogP contribution in [0.1, 0.15) is 44.3 Å². The average molecular weight is 361 g/mol. The van der Waals surface area contributed by atoms with E-state index in [1.807, 2.05) is 0 Å². The number of hydrogen-bond donors (Lipinski definition) is 2. The van der Waals surface area contributed by atoms with Crippen LogP contribution < -0.4 is 5.32 Å². The fourth-order valence-electron chi connectivity index (χ4n) is 3.26. The third-order valence-electron chi connectivity index (χ3n) is 4.80. The Morgan fingerprint density at radius 1 is 1.50 bits per heavy atom. The molecule has 2 unspecified atom stereocenters. The van der Waals surface area contributed by atoms with Crippen molar-refractivity contribution in [2.75, 3.05) is 6.26 Å². The van der Waals surface area contributed by atoms with Crippen molar-refractivity contribution >= 4 is 17.7 Å². The molecule has 1 saturated heterocycles. The smallest absolute Gasteiger partial charge is 0.307 e. The summed E-state index contributed by atoms with van der Waals surface area (Å²) in [6, 6.07) is 5.23. The number of amides is 1. The highest BCUT2D eigenvalue weighted by molar-refractivity contribution is 7.99. The van der Waals surface area contributed by atoms with Crippen molar-refractivity contribution in [3.8, 4) is 0 Å². The van der Waals surface area contributed by atoms with Gasteiger partial charge in [-0.2, -0.15) is 8.78 Å². The first kappa shape index (κ1) is 19.1. The quantitative estimate of drug-likeness (QED) is 0.775. The summed E-state index contributed by atoms with van der Waals surface area (Å²) in [6.07, 6.45) is 1.11. The summed E-state index contributed by atoms with van der Waals surface area (Å²) in [5, 5.41) is 9.63. The third kappa shape index (κ3) is 3.57. The van der Waals surface area contributed by atoms with Crippen LogP contribution in [0.25, 0.3) is 0 Å². The van der Waals surface area contributed by atoms with Crippen molar-refractivity contribution in [2.24, 2.45) is 5.41 Å². The van der Waals surface area contributed by atoms with Gasteiger partial charge in [-0.1, -0.05) is 30.8 Å². The van der Waals surface area contributed by atoms with Gasteiger partial charge in [0.2, 0.25) is 5.91 Å². The lowest BCUT2D eigenvalue weighted by Crippen LogP contribution is -2.44. The first-order chi connectivity index (χ1) is 11.3. The SMILES string of the molecule is CCC1(C(F)(F)SC)C[C@H](CCC(O)c2cccc(F)c2)NC1=O. The minimum atomic E-state index is -3.14. The molecule has 1 heterocycles. The van der Waals surface area contributed by atoms with Gasteiger partial charge in [-0.3, -0.25) is 4.79 Å². The minimum absolute atomic E-state index is 0.0338.